The first-order chi connectivity index (χ1) is 17.8. The lowest BCUT2D eigenvalue weighted by atomic mass is 9.93. The number of halogens is 10. The zero-order valence-corrected chi connectivity index (χ0v) is 20.0. The molecule has 0 heterocycles. The summed E-state index contributed by atoms with van der Waals surface area (Å²) in [6, 6.07) is 4.32. The Labute approximate surface area is 214 Å². The van der Waals surface area contributed by atoms with Gasteiger partial charge in [-0.2, -0.15) is 26.3 Å². The molecule has 1 unspecified atom stereocenters. The van der Waals surface area contributed by atoms with Gasteiger partial charge in [0.1, 0.15) is 18.1 Å². The minimum atomic E-state index is -5.33. The summed E-state index contributed by atoms with van der Waals surface area (Å²) in [6.45, 7) is -0.187. The average Bonchev–Trinajstić information content (AvgIpc) is 2.77. The van der Waals surface area contributed by atoms with Gasteiger partial charge >= 0.3 is 18.7 Å². The van der Waals surface area contributed by atoms with Gasteiger partial charge < -0.3 is 15.4 Å². The van der Waals surface area contributed by atoms with Gasteiger partial charge in [0.05, 0.1) is 18.0 Å². The van der Waals surface area contributed by atoms with Crippen molar-refractivity contribution >= 4 is 17.9 Å². The van der Waals surface area contributed by atoms with E-state index in [-0.39, 0.29) is 22.3 Å². The highest BCUT2D eigenvalue weighted by atomic mass is 19.4. The predicted octanol–water partition coefficient (Wildman–Crippen LogP) is 6.11. The maximum absolute atomic E-state index is 13.9. The number of hydrogen-bond acceptors (Lipinski definition) is 3. The molecular weight excluding hydrogens is 554 g/mol. The van der Waals surface area contributed by atoms with Crippen molar-refractivity contribution in [3.05, 3.63) is 70.0 Å². The smallest absolute Gasteiger partial charge is 0.405 e. The molecule has 0 saturated heterocycles. The van der Waals surface area contributed by atoms with Gasteiger partial charge in [-0.1, -0.05) is 30.4 Å². The number of carbonyl (C=O) groups is 2. The molecule has 2 amide bonds. The van der Waals surface area contributed by atoms with Gasteiger partial charge in [0, 0.05) is 0 Å². The summed E-state index contributed by atoms with van der Waals surface area (Å²) < 4.78 is 134. The van der Waals surface area contributed by atoms with Crippen molar-refractivity contribution in [1.82, 2.24) is 10.6 Å². The molecule has 2 aromatic carbocycles. The number of alkyl halides is 9. The number of ether oxygens (including phenoxy) is 1. The summed E-state index contributed by atoms with van der Waals surface area (Å²) in [7, 11) is 0. The number of allylic oxidation sites excluding steroid dienone is 1. The summed E-state index contributed by atoms with van der Waals surface area (Å²) in [4.78, 5) is 23.7. The number of nitrogens with one attached hydrogen (secondary N) is 2. The number of benzene rings is 2. The topological polar surface area (TPSA) is 67.4 Å². The quantitative estimate of drug-likeness (QED) is 0.374. The number of rotatable bonds is 8. The first-order valence-corrected chi connectivity index (χ1v) is 10.8. The van der Waals surface area contributed by atoms with Gasteiger partial charge in [-0.3, -0.25) is 9.59 Å². The van der Waals surface area contributed by atoms with Crippen molar-refractivity contribution in [2.24, 2.45) is 0 Å². The third-order valence-corrected chi connectivity index (χ3v) is 5.02. The summed E-state index contributed by atoms with van der Waals surface area (Å²) in [5.41, 5.74) is -1.46. The van der Waals surface area contributed by atoms with Crippen LogP contribution in [-0.2, 0) is 4.79 Å². The van der Waals surface area contributed by atoms with E-state index in [1.807, 2.05) is 5.32 Å². The molecule has 1 atom stereocenters. The van der Waals surface area contributed by atoms with Crippen LogP contribution in [0.3, 0.4) is 0 Å². The standard InChI is InChI=1S/C24H20F10N2O3/c1-12-7-15(8-13(2)20(12)25)17(23(29,30)31)6-4-14-3-5-16(18(9-14)39-24(32,33)34)21(38)35-10-19(37)36-11-22(26,27)28/h3-9,17H,10-11H2,1-2H3,(H,35,38)(H,36,37)/b6-4+. The fraction of sp³-hybridized carbons (Fsp3) is 0.333. The van der Waals surface area contributed by atoms with E-state index in [9.17, 15) is 53.5 Å². The largest absolute Gasteiger partial charge is 0.573 e. The van der Waals surface area contributed by atoms with Crippen LogP contribution in [0.4, 0.5) is 43.9 Å². The van der Waals surface area contributed by atoms with Crippen LogP contribution in [0.2, 0.25) is 0 Å². The highest BCUT2D eigenvalue weighted by molar-refractivity contribution is 5.99. The normalized spacial score (nSPS) is 13.3. The molecule has 0 spiro atoms. The summed E-state index contributed by atoms with van der Waals surface area (Å²) in [5, 5.41) is 3.27. The maximum Gasteiger partial charge on any atom is 0.573 e. The molecular formula is C24H20F10N2O3. The fourth-order valence-electron chi connectivity index (χ4n) is 3.33. The molecule has 0 saturated carbocycles. The molecule has 2 N–H and O–H groups in total. The van der Waals surface area contributed by atoms with Crippen molar-refractivity contribution in [3.63, 3.8) is 0 Å². The van der Waals surface area contributed by atoms with Crippen LogP contribution in [0.1, 0.15) is 38.5 Å². The zero-order valence-electron chi connectivity index (χ0n) is 20.0. The van der Waals surface area contributed by atoms with Gasteiger partial charge in [-0.25, -0.2) is 4.39 Å². The second-order valence-electron chi connectivity index (χ2n) is 8.23. The maximum atomic E-state index is 13.9. The van der Waals surface area contributed by atoms with Crippen LogP contribution in [-0.4, -0.2) is 43.6 Å². The Morgan fingerprint density at radius 1 is 0.923 bits per heavy atom. The van der Waals surface area contributed by atoms with Crippen molar-refractivity contribution in [3.8, 4) is 5.75 Å². The third-order valence-electron chi connectivity index (χ3n) is 5.02. The summed E-state index contributed by atoms with van der Waals surface area (Å²) in [5.74, 6) is -6.72. The van der Waals surface area contributed by atoms with Gasteiger partial charge in [0.2, 0.25) is 5.91 Å². The molecule has 15 heteroatoms. The van der Waals surface area contributed by atoms with Gasteiger partial charge in [-0.05, 0) is 48.2 Å². The van der Waals surface area contributed by atoms with Crippen LogP contribution in [0.15, 0.2) is 36.4 Å². The Kier molecular flexibility index (Phi) is 9.63. The molecule has 0 aromatic heterocycles. The summed E-state index contributed by atoms with van der Waals surface area (Å²) in [6.07, 6.45) is -13.5. The zero-order chi connectivity index (χ0) is 29.8. The van der Waals surface area contributed by atoms with Gasteiger partial charge in [0.25, 0.3) is 5.91 Å². The molecule has 5 nitrogen and oxygen atoms in total. The first kappa shape index (κ1) is 31.4. The number of carbonyl (C=O) groups excluding carboxylic acids is 2. The first-order valence-electron chi connectivity index (χ1n) is 10.8. The van der Waals surface area contributed by atoms with E-state index < -0.39 is 66.7 Å². The van der Waals surface area contributed by atoms with Crippen LogP contribution in [0.25, 0.3) is 6.08 Å². The lowest BCUT2D eigenvalue weighted by Crippen LogP contribution is -2.41. The molecule has 0 aliphatic carbocycles. The van der Waals surface area contributed by atoms with Gasteiger partial charge in [-0.15, -0.1) is 13.2 Å². The third kappa shape index (κ3) is 9.80. The Balaban J connectivity index is 2.34. The molecule has 214 valence electrons. The van der Waals surface area contributed by atoms with Crippen molar-refractivity contribution < 1.29 is 58.2 Å². The second-order valence-corrected chi connectivity index (χ2v) is 8.23. The Morgan fingerprint density at radius 3 is 2.03 bits per heavy atom. The minimum Gasteiger partial charge on any atom is -0.405 e. The van der Waals surface area contributed by atoms with E-state index in [4.69, 9.17) is 0 Å². The molecule has 0 bridgehead atoms. The average molecular weight is 574 g/mol. The van der Waals surface area contributed by atoms with Crippen molar-refractivity contribution in [2.45, 2.75) is 38.5 Å². The van der Waals surface area contributed by atoms with E-state index in [0.29, 0.717) is 12.1 Å². The monoisotopic (exact) mass is 574 g/mol. The molecule has 2 aromatic rings. The SMILES string of the molecule is Cc1cc(C(/C=C/c2ccc(C(=O)NCC(=O)NCC(F)(F)F)c(OC(F)(F)F)c2)C(F)(F)F)cc(C)c1F. The van der Waals surface area contributed by atoms with Crippen molar-refractivity contribution in [2.75, 3.05) is 13.1 Å². The molecule has 0 fully saturated rings. The molecule has 39 heavy (non-hydrogen) atoms. The Bertz CT molecular complexity index is 1210. The van der Waals surface area contributed by atoms with E-state index in [1.54, 1.807) is 0 Å². The Morgan fingerprint density at radius 2 is 1.51 bits per heavy atom. The van der Waals surface area contributed by atoms with E-state index in [1.165, 1.54) is 19.2 Å². The summed E-state index contributed by atoms with van der Waals surface area (Å²) >= 11 is 0. The molecule has 0 radical (unpaired) electrons. The lowest BCUT2D eigenvalue weighted by molar-refractivity contribution is -0.274. The fourth-order valence-corrected chi connectivity index (χ4v) is 3.33. The molecule has 0 aliphatic rings. The Hall–Kier alpha value is -3.78. The van der Waals surface area contributed by atoms with Crippen molar-refractivity contribution in [1.29, 1.82) is 0 Å². The van der Waals surface area contributed by atoms with Crippen LogP contribution < -0.4 is 15.4 Å². The highest BCUT2D eigenvalue weighted by Gasteiger charge is 2.39. The van der Waals surface area contributed by atoms with Crippen LogP contribution in [0.5, 0.6) is 5.75 Å². The van der Waals surface area contributed by atoms with E-state index >= 15 is 0 Å². The number of amides is 2. The predicted molar refractivity (Wildman–Crippen MR) is 118 cm³/mol. The number of aryl methyl sites for hydroxylation is 2. The molecule has 2 rings (SSSR count). The van der Waals surface area contributed by atoms with Crippen LogP contribution >= 0.6 is 0 Å². The highest BCUT2D eigenvalue weighted by Crippen LogP contribution is 2.38. The molecule has 0 aliphatic heterocycles. The van der Waals surface area contributed by atoms with Gasteiger partial charge in [0.15, 0.2) is 0 Å². The second kappa shape index (κ2) is 11.9. The minimum absolute atomic E-state index is 0.0454. The van der Waals surface area contributed by atoms with E-state index in [0.717, 1.165) is 30.3 Å². The van der Waals surface area contributed by atoms with E-state index in [2.05, 4.69) is 4.74 Å². The number of hydrogen-bond donors (Lipinski definition) is 2. The lowest BCUT2D eigenvalue weighted by Gasteiger charge is -2.19. The van der Waals surface area contributed by atoms with Crippen LogP contribution in [0, 0.1) is 19.7 Å².